The van der Waals surface area contributed by atoms with Crippen LogP contribution in [0.4, 0.5) is 29.7 Å². The standard InChI is InChI=1S/C32H29ClF3N7O2S/c1-4-22(44)42-13-17(14-42)41(3)28-19-10-20(33)23(18-6-7-21(35)29-26(18)40-31(37)46-29)24(36)25(19)39-30(27(28)38-2)45-15-32-8-5-9-43(32)12-16(34)11-32/h4,6-7,10,16-17H,1,5,8-9,11-15H2,3H3,(H2,37,40)/t16-,32+/m1/s1. The molecule has 3 fully saturated rings. The minimum atomic E-state index is -0.982. The Bertz CT molecular complexity index is 1980. The number of hydrogen-bond acceptors (Lipinski definition) is 8. The summed E-state index contributed by atoms with van der Waals surface area (Å²) in [7, 11) is 1.76. The van der Waals surface area contributed by atoms with Crippen LogP contribution in [0.5, 0.6) is 5.88 Å². The smallest absolute Gasteiger partial charge is 0.270 e. The van der Waals surface area contributed by atoms with Gasteiger partial charge in [-0.25, -0.2) is 28.0 Å². The molecule has 0 aliphatic carbocycles. The molecule has 9 nitrogen and oxygen atoms in total. The number of carbonyl (C=O) groups excluding carboxylic acids is 1. The second-order valence-corrected chi connectivity index (χ2v) is 13.5. The summed E-state index contributed by atoms with van der Waals surface area (Å²) in [5.74, 6) is -1.65. The summed E-state index contributed by atoms with van der Waals surface area (Å²) in [6.07, 6.45) is 2.20. The topological polar surface area (TPSA) is 92.2 Å². The van der Waals surface area contributed by atoms with E-state index in [0.717, 1.165) is 30.7 Å². The number of rotatable bonds is 7. The van der Waals surface area contributed by atoms with E-state index in [9.17, 15) is 13.6 Å². The maximum atomic E-state index is 16.9. The zero-order valence-corrected chi connectivity index (χ0v) is 26.4. The number of amides is 1. The van der Waals surface area contributed by atoms with E-state index in [0.29, 0.717) is 31.7 Å². The van der Waals surface area contributed by atoms with Crippen LogP contribution in [-0.4, -0.2) is 83.3 Å². The van der Waals surface area contributed by atoms with Crippen LogP contribution in [0.15, 0.2) is 30.9 Å². The van der Waals surface area contributed by atoms with Gasteiger partial charge in [0.05, 0.1) is 39.1 Å². The first kappa shape index (κ1) is 30.5. The average molecular weight is 668 g/mol. The zero-order valence-electron chi connectivity index (χ0n) is 24.8. The van der Waals surface area contributed by atoms with E-state index >= 15 is 4.39 Å². The average Bonchev–Trinajstić information content (AvgIpc) is 3.67. The Morgan fingerprint density at radius 3 is 2.85 bits per heavy atom. The first-order valence-corrected chi connectivity index (χ1v) is 16.0. The predicted molar refractivity (Wildman–Crippen MR) is 173 cm³/mol. The summed E-state index contributed by atoms with van der Waals surface area (Å²) in [4.78, 5) is 30.3. The van der Waals surface area contributed by atoms with Crippen molar-refractivity contribution in [2.45, 2.75) is 37.0 Å². The van der Waals surface area contributed by atoms with Crippen LogP contribution in [0.3, 0.4) is 0 Å². The van der Waals surface area contributed by atoms with Crippen LogP contribution in [0.25, 0.3) is 37.1 Å². The summed E-state index contributed by atoms with van der Waals surface area (Å²) >= 11 is 7.73. The lowest BCUT2D eigenvalue weighted by Crippen LogP contribution is -2.60. The number of nitrogen functional groups attached to an aromatic ring is 1. The summed E-state index contributed by atoms with van der Waals surface area (Å²) in [6.45, 7) is 13.6. The number of likely N-dealkylation sites (tertiary alicyclic amines) is 1. The summed E-state index contributed by atoms with van der Waals surface area (Å²) in [5.41, 5.74) is 5.99. The number of nitrogens with zero attached hydrogens (tertiary/aromatic N) is 6. The number of benzene rings is 2. The van der Waals surface area contributed by atoms with Gasteiger partial charge in [-0.2, -0.15) is 0 Å². The summed E-state index contributed by atoms with van der Waals surface area (Å²) < 4.78 is 52.5. The fraction of sp³-hybridized carbons (Fsp3) is 0.375. The van der Waals surface area contributed by atoms with E-state index in [4.69, 9.17) is 28.6 Å². The van der Waals surface area contributed by atoms with Gasteiger partial charge in [0.1, 0.15) is 24.1 Å². The molecule has 2 aromatic carbocycles. The molecule has 46 heavy (non-hydrogen) atoms. The van der Waals surface area contributed by atoms with Gasteiger partial charge in [0.2, 0.25) is 11.8 Å². The van der Waals surface area contributed by atoms with Gasteiger partial charge < -0.3 is 20.3 Å². The lowest BCUT2D eigenvalue weighted by molar-refractivity contribution is -0.130. The minimum absolute atomic E-state index is 0.00280. The molecule has 3 aliphatic heterocycles. The molecule has 7 rings (SSSR count). The summed E-state index contributed by atoms with van der Waals surface area (Å²) in [5, 5.41) is 0.385. The molecule has 238 valence electrons. The Morgan fingerprint density at radius 2 is 2.11 bits per heavy atom. The fourth-order valence-electron chi connectivity index (χ4n) is 7.12. The van der Waals surface area contributed by atoms with Crippen LogP contribution in [-0.2, 0) is 4.79 Å². The van der Waals surface area contributed by atoms with Crippen molar-refractivity contribution in [3.63, 3.8) is 0 Å². The zero-order chi connectivity index (χ0) is 32.5. The molecule has 2 atom stereocenters. The SMILES string of the molecule is [C-]#[N+]c1c(OC[C@@]23CCCN2C[C@H](F)C3)nc2c(F)c(-c3ccc(F)c4sc(N)nc34)c(Cl)cc2c1N(C)C1CN(C(=O)C=C)C1. The molecule has 0 saturated carbocycles. The monoisotopic (exact) mass is 667 g/mol. The Labute approximate surface area is 271 Å². The van der Waals surface area contributed by atoms with Crippen molar-refractivity contribution < 1.29 is 22.7 Å². The van der Waals surface area contributed by atoms with Crippen LogP contribution in [0, 0.1) is 18.2 Å². The van der Waals surface area contributed by atoms with Gasteiger partial charge in [-0.15, -0.1) is 0 Å². The number of aromatic nitrogens is 2. The molecular formula is C32H29ClF3N7O2S. The van der Waals surface area contributed by atoms with Crippen molar-refractivity contribution in [1.82, 2.24) is 19.8 Å². The normalized spacial score (nSPS) is 21.4. The third-order valence-electron chi connectivity index (χ3n) is 9.47. The van der Waals surface area contributed by atoms with Crippen LogP contribution in [0.1, 0.15) is 19.3 Å². The van der Waals surface area contributed by atoms with Crippen molar-refractivity contribution >= 4 is 66.5 Å². The Balaban J connectivity index is 1.39. The van der Waals surface area contributed by atoms with Crippen molar-refractivity contribution in [3.8, 4) is 17.0 Å². The summed E-state index contributed by atoms with van der Waals surface area (Å²) in [6, 6.07) is 3.93. The highest BCUT2D eigenvalue weighted by Gasteiger charge is 2.49. The minimum Gasteiger partial charge on any atom is -0.484 e. The van der Waals surface area contributed by atoms with Crippen LogP contribution in [0.2, 0.25) is 5.02 Å². The highest BCUT2D eigenvalue weighted by Crippen LogP contribution is 2.49. The van der Waals surface area contributed by atoms with E-state index < -0.39 is 23.3 Å². The van der Waals surface area contributed by atoms with Crippen molar-refractivity contribution in [2.24, 2.45) is 0 Å². The lowest BCUT2D eigenvalue weighted by atomic mass is 9.95. The highest BCUT2D eigenvalue weighted by atomic mass is 35.5. The number of ether oxygens (including phenoxy) is 1. The molecule has 1 amide bonds. The van der Waals surface area contributed by atoms with Gasteiger partial charge in [-0.05, 0) is 43.7 Å². The Kier molecular flexibility index (Phi) is 7.49. The van der Waals surface area contributed by atoms with E-state index in [2.05, 4.69) is 26.3 Å². The maximum absolute atomic E-state index is 16.9. The van der Waals surface area contributed by atoms with Gasteiger partial charge in [0.25, 0.3) is 5.69 Å². The maximum Gasteiger partial charge on any atom is 0.270 e. The fourth-order valence-corrected chi connectivity index (χ4v) is 8.18. The van der Waals surface area contributed by atoms with Gasteiger partial charge in [-0.1, -0.05) is 29.5 Å². The Morgan fingerprint density at radius 1 is 1.33 bits per heavy atom. The number of anilines is 2. The number of likely N-dealkylation sites (N-methyl/N-ethyl adjacent to an activating group) is 1. The number of halogens is 4. The van der Waals surface area contributed by atoms with Gasteiger partial charge in [0, 0.05) is 49.6 Å². The molecule has 3 saturated heterocycles. The number of nitrogens with two attached hydrogens (primary N) is 1. The van der Waals surface area contributed by atoms with Gasteiger partial charge in [0.15, 0.2) is 10.9 Å². The van der Waals surface area contributed by atoms with E-state index in [-0.39, 0.29) is 72.5 Å². The molecule has 0 bridgehead atoms. The second kappa shape index (κ2) is 11.3. The number of fused-ring (bicyclic) bond motifs is 3. The largest absolute Gasteiger partial charge is 0.484 e. The predicted octanol–water partition coefficient (Wildman–Crippen LogP) is 6.36. The highest BCUT2D eigenvalue weighted by molar-refractivity contribution is 7.22. The van der Waals surface area contributed by atoms with Gasteiger partial charge >= 0.3 is 0 Å². The lowest BCUT2D eigenvalue weighted by Gasteiger charge is -2.45. The van der Waals surface area contributed by atoms with Crippen LogP contribution >= 0.6 is 22.9 Å². The quantitative estimate of drug-likeness (QED) is 0.181. The van der Waals surface area contributed by atoms with Crippen LogP contribution < -0.4 is 15.4 Å². The first-order valence-electron chi connectivity index (χ1n) is 14.8. The molecule has 4 aromatic rings. The van der Waals surface area contributed by atoms with Crippen molar-refractivity contribution in [2.75, 3.05) is 50.5 Å². The molecule has 0 radical (unpaired) electrons. The van der Waals surface area contributed by atoms with Crippen molar-refractivity contribution in [1.29, 1.82) is 0 Å². The molecule has 2 N–H and O–H groups in total. The molecule has 3 aliphatic rings. The number of pyridine rings is 1. The molecule has 2 aromatic heterocycles. The molecular weight excluding hydrogens is 639 g/mol. The molecule has 5 heterocycles. The number of alkyl halides is 1. The number of thiazole rings is 1. The Hall–Kier alpha value is -4.12. The third-order valence-corrected chi connectivity index (χ3v) is 10.7. The number of carbonyl (C=O) groups is 1. The molecule has 0 spiro atoms. The van der Waals surface area contributed by atoms with Gasteiger partial charge in [-0.3, -0.25) is 9.69 Å². The second-order valence-electron chi connectivity index (χ2n) is 12.1. The number of hydrogen-bond donors (Lipinski definition) is 1. The molecule has 0 unspecified atom stereocenters. The third kappa shape index (κ3) is 4.73. The molecule has 14 heteroatoms. The van der Waals surface area contributed by atoms with Crippen molar-refractivity contribution in [3.05, 3.63) is 58.9 Å². The first-order chi connectivity index (χ1) is 22.0. The van der Waals surface area contributed by atoms with E-state index in [1.54, 1.807) is 11.9 Å². The van der Waals surface area contributed by atoms with E-state index in [1.807, 2.05) is 4.90 Å². The van der Waals surface area contributed by atoms with E-state index in [1.165, 1.54) is 24.3 Å².